The molecular weight excluding hydrogens is 480 g/mol. The predicted octanol–water partition coefficient (Wildman–Crippen LogP) is 5.02. The van der Waals surface area contributed by atoms with Crippen molar-refractivity contribution in [1.82, 2.24) is 19.7 Å². The standard InChI is InChI=1S/C30H36N4O4/c1-30(2,3)38-29(37)34-24-10-9-20(28(36)33-11-7-6-8-12-33)15-21(24)16-25(34)23-14-19(18-32(4)5)13-22-17-31-27(35)26(22)23/h9-10,13-16H,6-8,11-12,17-18H2,1-5H3,(H,31,35). The molecule has 3 heterocycles. The zero-order chi connectivity index (χ0) is 27.2. The van der Waals surface area contributed by atoms with Crippen LogP contribution in [0.2, 0.25) is 0 Å². The van der Waals surface area contributed by atoms with E-state index in [1.165, 1.54) is 4.57 Å². The van der Waals surface area contributed by atoms with Gasteiger partial charge in [-0.25, -0.2) is 9.36 Å². The zero-order valence-corrected chi connectivity index (χ0v) is 22.9. The average molecular weight is 517 g/mol. The molecule has 2 amide bonds. The number of aromatic nitrogens is 1. The largest absolute Gasteiger partial charge is 0.443 e. The van der Waals surface area contributed by atoms with Gasteiger partial charge < -0.3 is 19.9 Å². The summed E-state index contributed by atoms with van der Waals surface area (Å²) in [5.41, 5.74) is 4.30. The van der Waals surface area contributed by atoms with Crippen LogP contribution >= 0.6 is 0 Å². The van der Waals surface area contributed by atoms with Crippen molar-refractivity contribution in [2.24, 2.45) is 0 Å². The Kier molecular flexibility index (Phi) is 6.77. The number of carbonyl (C=O) groups is 3. The Balaban J connectivity index is 1.69. The topological polar surface area (TPSA) is 83.9 Å². The molecule has 0 aliphatic carbocycles. The highest BCUT2D eigenvalue weighted by atomic mass is 16.6. The van der Waals surface area contributed by atoms with Crippen LogP contribution in [0.25, 0.3) is 22.2 Å². The van der Waals surface area contributed by atoms with Gasteiger partial charge in [-0.3, -0.25) is 9.59 Å². The lowest BCUT2D eigenvalue weighted by Crippen LogP contribution is -2.35. The molecule has 2 aliphatic rings. The van der Waals surface area contributed by atoms with Crippen molar-refractivity contribution >= 4 is 28.8 Å². The van der Waals surface area contributed by atoms with Crippen molar-refractivity contribution < 1.29 is 19.1 Å². The Labute approximate surface area is 223 Å². The van der Waals surface area contributed by atoms with Crippen LogP contribution in [0.3, 0.4) is 0 Å². The minimum absolute atomic E-state index is 0.00594. The van der Waals surface area contributed by atoms with Crippen LogP contribution in [-0.4, -0.2) is 65.1 Å². The quantitative estimate of drug-likeness (QED) is 0.526. The maximum Gasteiger partial charge on any atom is 0.419 e. The van der Waals surface area contributed by atoms with Crippen LogP contribution in [0.4, 0.5) is 4.79 Å². The maximum atomic E-state index is 13.6. The van der Waals surface area contributed by atoms with Gasteiger partial charge >= 0.3 is 6.09 Å². The zero-order valence-electron chi connectivity index (χ0n) is 22.9. The molecule has 1 aromatic heterocycles. The molecule has 8 heteroatoms. The van der Waals surface area contributed by atoms with Gasteiger partial charge in [-0.2, -0.15) is 0 Å². The Bertz CT molecular complexity index is 1420. The van der Waals surface area contributed by atoms with Crippen LogP contribution in [0.15, 0.2) is 36.4 Å². The van der Waals surface area contributed by atoms with Crippen molar-refractivity contribution in [2.45, 2.75) is 58.7 Å². The molecule has 1 fully saturated rings. The molecule has 8 nitrogen and oxygen atoms in total. The number of likely N-dealkylation sites (tertiary alicyclic amines) is 1. The molecule has 0 radical (unpaired) electrons. The molecule has 5 rings (SSSR count). The van der Waals surface area contributed by atoms with Gasteiger partial charge in [0.2, 0.25) is 0 Å². The Morgan fingerprint density at radius 1 is 1.03 bits per heavy atom. The first-order chi connectivity index (χ1) is 18.0. The van der Waals surface area contributed by atoms with E-state index in [0.29, 0.717) is 41.0 Å². The second kappa shape index (κ2) is 9.91. The van der Waals surface area contributed by atoms with E-state index in [9.17, 15) is 14.4 Å². The number of amides is 2. The van der Waals surface area contributed by atoms with E-state index < -0.39 is 11.7 Å². The van der Waals surface area contributed by atoms with Crippen molar-refractivity contribution in [1.29, 1.82) is 0 Å². The second-order valence-corrected chi connectivity index (χ2v) is 11.6. The number of benzene rings is 2. The fourth-order valence-electron chi connectivity index (χ4n) is 5.43. The van der Waals surface area contributed by atoms with Crippen LogP contribution in [-0.2, 0) is 17.8 Å². The summed E-state index contributed by atoms with van der Waals surface area (Å²) in [4.78, 5) is 43.7. The third kappa shape index (κ3) is 5.05. The SMILES string of the molecule is CN(C)Cc1cc2c(c(-c3cc4cc(C(=O)N5CCCCC5)ccc4n3C(=O)OC(C)(C)C)c1)C(=O)NC2. The number of nitrogens with zero attached hydrogens (tertiary/aromatic N) is 3. The minimum Gasteiger partial charge on any atom is -0.443 e. The van der Waals surface area contributed by atoms with Crippen molar-refractivity contribution in [3.8, 4) is 11.3 Å². The first kappa shape index (κ1) is 26.0. The summed E-state index contributed by atoms with van der Waals surface area (Å²) in [7, 11) is 3.99. The van der Waals surface area contributed by atoms with Crippen LogP contribution in [0.5, 0.6) is 0 Å². The van der Waals surface area contributed by atoms with Crippen LogP contribution in [0.1, 0.15) is 71.9 Å². The molecular formula is C30H36N4O4. The van der Waals surface area contributed by atoms with Gasteiger partial charge in [-0.05, 0) is 95.6 Å². The lowest BCUT2D eigenvalue weighted by molar-refractivity contribution is 0.0546. The molecule has 2 aromatic carbocycles. The monoisotopic (exact) mass is 516 g/mol. The highest BCUT2D eigenvalue weighted by molar-refractivity contribution is 6.07. The highest BCUT2D eigenvalue weighted by Crippen LogP contribution is 2.36. The highest BCUT2D eigenvalue weighted by Gasteiger charge is 2.30. The molecule has 3 aromatic rings. The molecule has 38 heavy (non-hydrogen) atoms. The fourth-order valence-corrected chi connectivity index (χ4v) is 5.43. The summed E-state index contributed by atoms with van der Waals surface area (Å²) >= 11 is 0. The molecule has 1 N–H and O–H groups in total. The predicted molar refractivity (Wildman–Crippen MR) is 147 cm³/mol. The van der Waals surface area contributed by atoms with E-state index in [-0.39, 0.29) is 11.8 Å². The lowest BCUT2D eigenvalue weighted by atomic mass is 9.96. The lowest BCUT2D eigenvalue weighted by Gasteiger charge is -2.26. The van der Waals surface area contributed by atoms with E-state index in [0.717, 1.165) is 48.9 Å². The normalized spacial score (nSPS) is 15.6. The summed E-state index contributed by atoms with van der Waals surface area (Å²) < 4.78 is 7.34. The molecule has 0 spiro atoms. The van der Waals surface area contributed by atoms with Gasteiger partial charge in [0, 0.05) is 42.7 Å². The summed E-state index contributed by atoms with van der Waals surface area (Å²) in [6.45, 7) is 8.15. The van der Waals surface area contributed by atoms with Crippen LogP contribution in [0, 0.1) is 0 Å². The van der Waals surface area contributed by atoms with Crippen molar-refractivity contribution in [3.05, 3.63) is 58.7 Å². The van der Waals surface area contributed by atoms with Gasteiger partial charge in [0.1, 0.15) is 5.60 Å². The number of hydrogen-bond donors (Lipinski definition) is 1. The summed E-state index contributed by atoms with van der Waals surface area (Å²) in [5, 5.41) is 3.68. The molecule has 0 atom stereocenters. The third-order valence-electron chi connectivity index (χ3n) is 6.99. The number of fused-ring (bicyclic) bond motifs is 2. The number of ether oxygens (including phenoxy) is 1. The molecule has 2 aliphatic heterocycles. The van der Waals surface area contributed by atoms with Crippen LogP contribution < -0.4 is 5.32 Å². The summed E-state index contributed by atoms with van der Waals surface area (Å²) in [6, 6.07) is 11.4. The maximum absolute atomic E-state index is 13.6. The smallest absolute Gasteiger partial charge is 0.419 e. The number of hydrogen-bond acceptors (Lipinski definition) is 5. The molecule has 0 unspecified atom stereocenters. The number of carbonyl (C=O) groups excluding carboxylic acids is 3. The average Bonchev–Trinajstić information content (AvgIpc) is 3.42. The first-order valence-corrected chi connectivity index (χ1v) is 13.3. The first-order valence-electron chi connectivity index (χ1n) is 13.3. The van der Waals surface area contributed by atoms with E-state index in [4.69, 9.17) is 4.74 Å². The molecule has 0 bridgehead atoms. The van der Waals surface area contributed by atoms with E-state index in [2.05, 4.69) is 10.2 Å². The second-order valence-electron chi connectivity index (χ2n) is 11.6. The van der Waals surface area contributed by atoms with Gasteiger partial charge in [-0.15, -0.1) is 0 Å². The number of piperidine rings is 1. The van der Waals surface area contributed by atoms with E-state index in [1.807, 2.05) is 70.1 Å². The number of rotatable bonds is 4. The molecule has 0 saturated carbocycles. The summed E-state index contributed by atoms with van der Waals surface area (Å²) in [6.07, 6.45) is 2.66. The van der Waals surface area contributed by atoms with E-state index in [1.54, 1.807) is 6.07 Å². The fraction of sp³-hybridized carbons (Fsp3) is 0.433. The van der Waals surface area contributed by atoms with Gasteiger partial charge in [0.25, 0.3) is 11.8 Å². The van der Waals surface area contributed by atoms with Gasteiger partial charge in [-0.1, -0.05) is 6.07 Å². The summed E-state index contributed by atoms with van der Waals surface area (Å²) in [5.74, 6) is -0.153. The molecule has 200 valence electrons. The van der Waals surface area contributed by atoms with Crippen molar-refractivity contribution in [3.63, 3.8) is 0 Å². The third-order valence-corrected chi connectivity index (χ3v) is 6.99. The Morgan fingerprint density at radius 2 is 1.76 bits per heavy atom. The Hall–Kier alpha value is -3.65. The minimum atomic E-state index is -0.707. The van der Waals surface area contributed by atoms with E-state index >= 15 is 0 Å². The van der Waals surface area contributed by atoms with Gasteiger partial charge in [0.15, 0.2) is 0 Å². The Morgan fingerprint density at radius 3 is 2.45 bits per heavy atom. The van der Waals surface area contributed by atoms with Gasteiger partial charge in [0.05, 0.1) is 16.8 Å². The van der Waals surface area contributed by atoms with Crippen molar-refractivity contribution in [2.75, 3.05) is 27.2 Å². The molecule has 1 saturated heterocycles. The number of nitrogens with one attached hydrogen (secondary N) is 1.